The summed E-state index contributed by atoms with van der Waals surface area (Å²) in [5, 5.41) is 6.25. The zero-order valence-electron chi connectivity index (χ0n) is 3.25. The summed E-state index contributed by atoms with van der Waals surface area (Å²) in [6.07, 6.45) is 0. The smallest absolute Gasteiger partial charge is 1.00 e. The van der Waals surface area contributed by atoms with E-state index in [-0.39, 0.29) is 69.9 Å². The summed E-state index contributed by atoms with van der Waals surface area (Å²) in [7, 11) is 0. The van der Waals surface area contributed by atoms with Crippen LogP contribution < -0.4 is 51.4 Å². The predicted molar refractivity (Wildman–Crippen MR) is 6.08 cm³/mol. The second-order valence-corrected chi connectivity index (χ2v) is 0. The molecule has 0 aliphatic rings. The first-order valence-corrected chi connectivity index (χ1v) is 0.224. The van der Waals surface area contributed by atoms with Crippen LogP contribution in [0.4, 0.5) is 0 Å². The second-order valence-electron chi connectivity index (χ2n) is 0. The first kappa shape index (κ1) is 17.4. The average Bonchev–Trinajstić information content (AvgIpc) is 1.00. The van der Waals surface area contributed by atoms with Crippen molar-refractivity contribution in [3.8, 4) is 0 Å². The van der Waals surface area contributed by atoms with Gasteiger partial charge in [0, 0.05) is 0 Å². The average molecular weight is 130 g/mol. The van der Waals surface area contributed by atoms with Gasteiger partial charge in [-0.05, 0) is 0 Å². The predicted octanol–water partition coefficient (Wildman–Crippen LogP) is -2.79. The van der Waals surface area contributed by atoms with Gasteiger partial charge in [0.2, 0.25) is 0 Å². The molecule has 0 heterocycles. The number of hydrogen-bond acceptors (Lipinski definition) is 1. The summed E-state index contributed by atoms with van der Waals surface area (Å²) in [6.45, 7) is 4.75. The first-order valence-electron chi connectivity index (χ1n) is 0.224. The molecule has 0 rings (SSSR count). The van der Waals surface area contributed by atoms with Crippen LogP contribution in [0.25, 0.3) is 0 Å². The van der Waals surface area contributed by atoms with Gasteiger partial charge in [-0.2, -0.15) is 0 Å². The van der Waals surface area contributed by atoms with Crippen LogP contribution in [0.5, 0.6) is 0 Å². The molecule has 0 bridgehead atoms. The SMILES string of the molecule is [C-]#N.[Cu+].[H-].[K+]. The Morgan fingerprint density at radius 3 is 1.50 bits per heavy atom. The maximum atomic E-state index is 6.25. The van der Waals surface area contributed by atoms with Gasteiger partial charge in [-0.25, -0.2) is 0 Å². The van der Waals surface area contributed by atoms with Crippen LogP contribution in [0, 0.1) is 11.8 Å². The van der Waals surface area contributed by atoms with E-state index >= 15 is 0 Å². The van der Waals surface area contributed by atoms with E-state index in [1.54, 1.807) is 0 Å². The van der Waals surface area contributed by atoms with Crippen LogP contribution in [0.1, 0.15) is 1.43 Å². The number of nitrogens with zero attached hydrogens (tertiary/aromatic N) is 1. The van der Waals surface area contributed by atoms with Gasteiger partial charge >= 0.3 is 68.5 Å². The van der Waals surface area contributed by atoms with Gasteiger partial charge in [-0.1, -0.05) is 0 Å². The zero-order chi connectivity index (χ0) is 2.00. The minimum Gasteiger partial charge on any atom is -1.00 e. The Bertz CT molecular complexity index is 16.4. The molecule has 0 spiro atoms. The van der Waals surface area contributed by atoms with Crippen LogP contribution in [0.15, 0.2) is 0 Å². The van der Waals surface area contributed by atoms with Gasteiger partial charge in [0.25, 0.3) is 0 Å². The van der Waals surface area contributed by atoms with Crippen LogP contribution in [0.2, 0.25) is 0 Å². The molecule has 0 aromatic rings. The largest absolute Gasteiger partial charge is 1.00 e. The number of rotatable bonds is 0. The Kier molecular flexibility index (Phi) is 99.2. The molecule has 0 aromatic heterocycles. The molecule has 0 amide bonds. The standard InChI is InChI=1S/CN.Cu.K.H/c1-2;;;/q-1;2*+1;-1. The van der Waals surface area contributed by atoms with Crippen LogP contribution in [0.3, 0.4) is 0 Å². The molecule has 0 saturated carbocycles. The minimum absolute atomic E-state index is 0. The van der Waals surface area contributed by atoms with E-state index in [9.17, 15) is 0 Å². The van der Waals surface area contributed by atoms with Crippen molar-refractivity contribution in [2.45, 2.75) is 0 Å². The van der Waals surface area contributed by atoms with Crippen molar-refractivity contribution in [3.05, 3.63) is 6.57 Å². The van der Waals surface area contributed by atoms with E-state index in [2.05, 4.69) is 0 Å². The fraction of sp³-hybridized carbons (Fsp3) is 0. The second kappa shape index (κ2) is 22.8. The van der Waals surface area contributed by atoms with Crippen molar-refractivity contribution < 1.29 is 69.9 Å². The molecular formula is CHCuKN. The van der Waals surface area contributed by atoms with Crippen molar-refractivity contribution in [2.75, 3.05) is 0 Å². The summed E-state index contributed by atoms with van der Waals surface area (Å²) in [6, 6.07) is 0. The van der Waals surface area contributed by atoms with E-state index < -0.39 is 0 Å². The molecule has 1 nitrogen and oxygen atoms in total. The molecule has 0 radical (unpaired) electrons. The maximum Gasteiger partial charge on any atom is 1.00 e. The molecule has 0 saturated heterocycles. The quantitative estimate of drug-likeness (QED) is 0.256. The summed E-state index contributed by atoms with van der Waals surface area (Å²) < 4.78 is 0. The molecule has 3 heteroatoms. The molecule has 0 aliphatic heterocycles. The topological polar surface area (TPSA) is 23.8 Å². The molecule has 0 fully saturated rings. The normalized spacial score (nSPS) is 0.500. The minimum atomic E-state index is 0. The summed E-state index contributed by atoms with van der Waals surface area (Å²) in [5.41, 5.74) is 0. The van der Waals surface area contributed by atoms with Gasteiger partial charge in [0.05, 0.1) is 0 Å². The Labute approximate surface area is 80.1 Å². The fourth-order valence-corrected chi connectivity index (χ4v) is 0. The van der Waals surface area contributed by atoms with E-state index in [1.165, 1.54) is 0 Å². The van der Waals surface area contributed by atoms with Gasteiger partial charge in [0.1, 0.15) is 0 Å². The molecule has 0 N–H and O–H groups in total. The Balaban J connectivity index is -0.00000000167. The van der Waals surface area contributed by atoms with E-state index in [0.29, 0.717) is 0 Å². The molecule has 4 heavy (non-hydrogen) atoms. The maximum absolute atomic E-state index is 6.25. The van der Waals surface area contributed by atoms with Crippen molar-refractivity contribution >= 4 is 0 Å². The van der Waals surface area contributed by atoms with E-state index in [1.807, 2.05) is 0 Å². The van der Waals surface area contributed by atoms with Crippen LogP contribution in [-0.4, -0.2) is 0 Å². The Hall–Kier alpha value is 1.65. The van der Waals surface area contributed by atoms with Crippen molar-refractivity contribution in [2.24, 2.45) is 0 Å². The molecule has 22 valence electrons. The van der Waals surface area contributed by atoms with Crippen LogP contribution in [-0.2, 0) is 17.1 Å². The van der Waals surface area contributed by atoms with Crippen molar-refractivity contribution in [1.29, 1.82) is 5.26 Å². The monoisotopic (exact) mass is 129 g/mol. The third-order valence-electron chi connectivity index (χ3n) is 0. The molecule has 0 aromatic carbocycles. The van der Waals surface area contributed by atoms with E-state index in [0.717, 1.165) is 0 Å². The Morgan fingerprint density at radius 2 is 1.50 bits per heavy atom. The summed E-state index contributed by atoms with van der Waals surface area (Å²) in [5.74, 6) is 0. The summed E-state index contributed by atoms with van der Waals surface area (Å²) >= 11 is 0. The summed E-state index contributed by atoms with van der Waals surface area (Å²) in [4.78, 5) is 0. The molecule has 0 atom stereocenters. The third-order valence-corrected chi connectivity index (χ3v) is 0. The first-order chi connectivity index (χ1) is 1.00. The van der Waals surface area contributed by atoms with E-state index in [4.69, 9.17) is 11.8 Å². The van der Waals surface area contributed by atoms with Gasteiger partial charge in [0.15, 0.2) is 0 Å². The Morgan fingerprint density at radius 1 is 1.50 bits per heavy atom. The number of hydrogen-bond donors (Lipinski definition) is 0. The zero-order valence-corrected chi connectivity index (χ0v) is 6.31. The van der Waals surface area contributed by atoms with Crippen molar-refractivity contribution in [3.63, 3.8) is 0 Å². The van der Waals surface area contributed by atoms with Gasteiger partial charge < -0.3 is 13.3 Å². The molecular weight excluding hydrogens is 129 g/mol. The van der Waals surface area contributed by atoms with Gasteiger partial charge in [-0.15, -0.1) is 0 Å². The third kappa shape index (κ3) is 9.42. The molecule has 0 unspecified atom stereocenters. The fourth-order valence-electron chi connectivity index (χ4n) is 0. The van der Waals surface area contributed by atoms with Crippen LogP contribution >= 0.6 is 0 Å². The molecule has 0 aliphatic carbocycles. The van der Waals surface area contributed by atoms with Crippen molar-refractivity contribution in [1.82, 2.24) is 0 Å². The van der Waals surface area contributed by atoms with Gasteiger partial charge in [-0.3, -0.25) is 0 Å².